The van der Waals surface area contributed by atoms with Gasteiger partial charge in [-0.15, -0.1) is 0 Å². The summed E-state index contributed by atoms with van der Waals surface area (Å²) >= 11 is 0. The van der Waals surface area contributed by atoms with Gasteiger partial charge in [-0.25, -0.2) is 5.43 Å². The Morgan fingerprint density at radius 1 is 1.45 bits per heavy atom. The monoisotopic (exact) mass is 275 g/mol. The fourth-order valence-corrected chi connectivity index (χ4v) is 2.38. The van der Waals surface area contributed by atoms with Gasteiger partial charge in [0, 0.05) is 11.8 Å². The quantitative estimate of drug-likeness (QED) is 0.680. The Labute approximate surface area is 117 Å². The van der Waals surface area contributed by atoms with Crippen LogP contribution in [-0.4, -0.2) is 16.5 Å². The molecule has 1 amide bonds. The van der Waals surface area contributed by atoms with E-state index in [1.165, 1.54) is 24.6 Å². The maximum absolute atomic E-state index is 12.0. The molecule has 1 aliphatic carbocycles. The number of rotatable bonds is 3. The number of nitrogens with one attached hydrogen (secondary N) is 1. The van der Waals surface area contributed by atoms with E-state index in [1.54, 1.807) is 6.07 Å². The van der Waals surface area contributed by atoms with E-state index in [-0.39, 0.29) is 11.3 Å². The minimum Gasteiger partial charge on any atom is -0.267 e. The zero-order valence-corrected chi connectivity index (χ0v) is 11.3. The van der Waals surface area contributed by atoms with Crippen molar-refractivity contribution in [3.05, 3.63) is 39.9 Å². The molecule has 0 radical (unpaired) electrons. The molecular formula is C14H17N3O3. The number of nitro groups is 1. The first-order chi connectivity index (χ1) is 9.58. The number of hydrogen-bond acceptors (Lipinski definition) is 4. The Morgan fingerprint density at radius 2 is 2.20 bits per heavy atom. The van der Waals surface area contributed by atoms with E-state index >= 15 is 0 Å². The summed E-state index contributed by atoms with van der Waals surface area (Å²) in [7, 11) is 0. The summed E-state index contributed by atoms with van der Waals surface area (Å²) in [6.45, 7) is 2.15. The van der Waals surface area contributed by atoms with E-state index in [0.29, 0.717) is 5.92 Å². The molecule has 0 aliphatic heterocycles. The summed E-state index contributed by atoms with van der Waals surface area (Å²) in [4.78, 5) is 22.3. The van der Waals surface area contributed by atoms with Gasteiger partial charge in [-0.3, -0.25) is 14.9 Å². The standard InChI is InChI=1S/C14H17N3O3/c1-10-5-4-6-11(9-10)15-16-14(18)12-7-2-3-8-13(12)17(19)20/h2-3,7-8,10H,4-6,9H2,1H3,(H,16,18)/b15-11-. The fourth-order valence-electron chi connectivity index (χ4n) is 2.38. The SMILES string of the molecule is CC1CCC/C(=N/NC(=O)c2ccccc2[N+](=O)[O-])C1. The third kappa shape index (κ3) is 3.40. The van der Waals surface area contributed by atoms with Gasteiger partial charge in [-0.05, 0) is 37.7 Å². The molecule has 0 bridgehead atoms. The van der Waals surface area contributed by atoms with E-state index in [1.807, 2.05) is 0 Å². The van der Waals surface area contributed by atoms with Crippen LogP contribution in [0.15, 0.2) is 29.4 Å². The zero-order valence-electron chi connectivity index (χ0n) is 11.3. The van der Waals surface area contributed by atoms with Crippen LogP contribution in [0.3, 0.4) is 0 Å². The van der Waals surface area contributed by atoms with Gasteiger partial charge in [0.25, 0.3) is 11.6 Å². The molecule has 1 aromatic carbocycles. The van der Waals surface area contributed by atoms with Gasteiger partial charge in [0.05, 0.1) is 4.92 Å². The lowest BCUT2D eigenvalue weighted by molar-refractivity contribution is -0.385. The lowest BCUT2D eigenvalue weighted by Crippen LogP contribution is -2.23. The minimum absolute atomic E-state index is 0.0331. The van der Waals surface area contributed by atoms with Crippen molar-refractivity contribution >= 4 is 17.3 Å². The smallest absolute Gasteiger partial charge is 0.267 e. The van der Waals surface area contributed by atoms with Crippen LogP contribution in [0.1, 0.15) is 43.0 Å². The molecule has 1 saturated carbocycles. The normalized spacial score (nSPS) is 20.6. The van der Waals surface area contributed by atoms with E-state index in [4.69, 9.17) is 0 Å². The van der Waals surface area contributed by atoms with Gasteiger partial charge in [0.1, 0.15) is 5.56 Å². The second-order valence-electron chi connectivity index (χ2n) is 5.09. The van der Waals surface area contributed by atoms with E-state index in [2.05, 4.69) is 17.5 Å². The number of carbonyl (C=O) groups excluding carboxylic acids is 1. The maximum atomic E-state index is 12.0. The van der Waals surface area contributed by atoms with Crippen LogP contribution in [0, 0.1) is 16.0 Å². The summed E-state index contributed by atoms with van der Waals surface area (Å²) in [6, 6.07) is 5.86. The summed E-state index contributed by atoms with van der Waals surface area (Å²) in [5.41, 5.74) is 3.21. The highest BCUT2D eigenvalue weighted by Crippen LogP contribution is 2.21. The van der Waals surface area contributed by atoms with Gasteiger partial charge >= 0.3 is 0 Å². The molecule has 0 saturated heterocycles. The number of hydrogen-bond donors (Lipinski definition) is 1. The number of amides is 1. The Balaban J connectivity index is 2.09. The Morgan fingerprint density at radius 3 is 2.90 bits per heavy atom. The largest absolute Gasteiger partial charge is 0.282 e. The number of benzene rings is 1. The fraction of sp³-hybridized carbons (Fsp3) is 0.429. The molecule has 20 heavy (non-hydrogen) atoms. The first-order valence-corrected chi connectivity index (χ1v) is 6.67. The average molecular weight is 275 g/mol. The molecule has 0 heterocycles. The highest BCUT2D eigenvalue weighted by molar-refractivity contribution is 5.99. The van der Waals surface area contributed by atoms with Crippen molar-refractivity contribution in [2.24, 2.45) is 11.0 Å². The molecule has 106 valence electrons. The Kier molecular flexibility index (Phi) is 4.45. The Bertz CT molecular complexity index is 554. The van der Waals surface area contributed by atoms with Gasteiger partial charge in [-0.2, -0.15) is 5.10 Å². The van der Waals surface area contributed by atoms with Gasteiger partial charge < -0.3 is 0 Å². The van der Waals surface area contributed by atoms with Crippen LogP contribution >= 0.6 is 0 Å². The predicted octanol–water partition coefficient (Wildman–Crippen LogP) is 2.89. The summed E-state index contributed by atoms with van der Waals surface area (Å²) in [5, 5.41) is 15.0. The van der Waals surface area contributed by atoms with Crippen molar-refractivity contribution in [2.45, 2.75) is 32.6 Å². The maximum Gasteiger partial charge on any atom is 0.282 e. The topological polar surface area (TPSA) is 84.6 Å². The number of hydrazone groups is 1. The molecule has 1 atom stereocenters. The van der Waals surface area contributed by atoms with Crippen LogP contribution < -0.4 is 5.43 Å². The number of para-hydroxylation sites is 1. The van der Waals surface area contributed by atoms with Crippen LogP contribution in [-0.2, 0) is 0 Å². The molecule has 2 rings (SSSR count). The lowest BCUT2D eigenvalue weighted by Gasteiger charge is -2.18. The minimum atomic E-state index is -0.565. The molecule has 6 nitrogen and oxygen atoms in total. The summed E-state index contributed by atoms with van der Waals surface area (Å²) in [6.07, 6.45) is 4.00. The van der Waals surface area contributed by atoms with Crippen molar-refractivity contribution < 1.29 is 9.72 Å². The summed E-state index contributed by atoms with van der Waals surface area (Å²) in [5.74, 6) is 0.0356. The highest BCUT2D eigenvalue weighted by atomic mass is 16.6. The van der Waals surface area contributed by atoms with Crippen molar-refractivity contribution in [1.29, 1.82) is 0 Å². The van der Waals surface area contributed by atoms with Crippen molar-refractivity contribution in [1.82, 2.24) is 5.43 Å². The molecule has 6 heteroatoms. The van der Waals surface area contributed by atoms with Crippen molar-refractivity contribution in [2.75, 3.05) is 0 Å². The van der Waals surface area contributed by atoms with Crippen molar-refractivity contribution in [3.63, 3.8) is 0 Å². The lowest BCUT2D eigenvalue weighted by atomic mass is 9.89. The number of nitro benzene ring substituents is 1. The van der Waals surface area contributed by atoms with Crippen LogP contribution in [0.2, 0.25) is 0 Å². The second kappa shape index (κ2) is 6.27. The summed E-state index contributed by atoms with van der Waals surface area (Å²) < 4.78 is 0. The van der Waals surface area contributed by atoms with Crippen molar-refractivity contribution in [3.8, 4) is 0 Å². The van der Waals surface area contributed by atoms with Crippen LogP contribution in [0.5, 0.6) is 0 Å². The third-order valence-corrected chi connectivity index (χ3v) is 3.41. The zero-order chi connectivity index (χ0) is 14.5. The van der Waals surface area contributed by atoms with Gasteiger partial charge in [0.15, 0.2) is 0 Å². The van der Waals surface area contributed by atoms with Gasteiger partial charge in [0.2, 0.25) is 0 Å². The molecule has 0 spiro atoms. The molecule has 0 aromatic heterocycles. The molecule has 1 aliphatic rings. The molecule has 1 N–H and O–H groups in total. The van der Waals surface area contributed by atoms with Crippen LogP contribution in [0.4, 0.5) is 5.69 Å². The Hall–Kier alpha value is -2.24. The predicted molar refractivity (Wildman–Crippen MR) is 75.6 cm³/mol. The third-order valence-electron chi connectivity index (χ3n) is 3.41. The first kappa shape index (κ1) is 14.2. The van der Waals surface area contributed by atoms with E-state index in [9.17, 15) is 14.9 Å². The average Bonchev–Trinajstić information content (AvgIpc) is 2.45. The molecular weight excluding hydrogens is 258 g/mol. The van der Waals surface area contributed by atoms with E-state index in [0.717, 1.165) is 25.0 Å². The van der Waals surface area contributed by atoms with Gasteiger partial charge in [-0.1, -0.05) is 19.1 Å². The van der Waals surface area contributed by atoms with E-state index < -0.39 is 10.8 Å². The van der Waals surface area contributed by atoms with Crippen LogP contribution in [0.25, 0.3) is 0 Å². The highest BCUT2D eigenvalue weighted by Gasteiger charge is 2.19. The number of carbonyl (C=O) groups is 1. The first-order valence-electron chi connectivity index (χ1n) is 6.67. The molecule has 1 unspecified atom stereocenters. The molecule has 1 aromatic rings. The number of nitrogens with zero attached hydrogens (tertiary/aromatic N) is 2. The second-order valence-corrected chi connectivity index (χ2v) is 5.09. The molecule has 1 fully saturated rings.